The Bertz CT molecular complexity index is 584. The summed E-state index contributed by atoms with van der Waals surface area (Å²) in [5, 5.41) is 0. The molecule has 0 aliphatic carbocycles. The van der Waals surface area contributed by atoms with Crippen molar-refractivity contribution in [3.63, 3.8) is 0 Å². The Balaban J connectivity index is 2.29. The summed E-state index contributed by atoms with van der Waals surface area (Å²) in [6.07, 6.45) is 0. The van der Waals surface area contributed by atoms with Crippen LogP contribution in [0.1, 0.15) is 12.5 Å². The first-order valence-electron chi connectivity index (χ1n) is 6.06. The van der Waals surface area contributed by atoms with Gasteiger partial charge in [-0.2, -0.15) is 0 Å². The van der Waals surface area contributed by atoms with Crippen molar-refractivity contribution >= 4 is 5.69 Å². The van der Waals surface area contributed by atoms with Gasteiger partial charge in [-0.15, -0.1) is 0 Å². The summed E-state index contributed by atoms with van der Waals surface area (Å²) in [5.74, 6) is 1.28. The Hall–Kier alpha value is -2.23. The molecule has 0 saturated carbocycles. The number of ether oxygens (including phenoxy) is 2. The number of benzene rings is 2. The van der Waals surface area contributed by atoms with Crippen molar-refractivity contribution in [1.29, 1.82) is 0 Å². The molecule has 0 aromatic heterocycles. The van der Waals surface area contributed by atoms with E-state index in [2.05, 4.69) is 0 Å². The smallest absolute Gasteiger partial charge is 0.133 e. The van der Waals surface area contributed by atoms with Crippen LogP contribution in [0.15, 0.2) is 36.4 Å². The molecule has 0 radical (unpaired) electrons. The molecule has 0 unspecified atom stereocenters. The summed E-state index contributed by atoms with van der Waals surface area (Å²) in [6, 6.07) is 9.53. The van der Waals surface area contributed by atoms with E-state index in [1.165, 1.54) is 12.1 Å². The first-order valence-corrected chi connectivity index (χ1v) is 6.06. The van der Waals surface area contributed by atoms with Crippen LogP contribution in [-0.4, -0.2) is 6.61 Å². The number of hydrogen-bond donors (Lipinski definition) is 1. The monoisotopic (exact) mass is 261 g/mol. The molecule has 0 heterocycles. The van der Waals surface area contributed by atoms with Gasteiger partial charge in [0.1, 0.15) is 23.1 Å². The van der Waals surface area contributed by atoms with Gasteiger partial charge in [-0.1, -0.05) is 6.07 Å². The molecule has 0 fully saturated rings. The van der Waals surface area contributed by atoms with Crippen molar-refractivity contribution in [2.45, 2.75) is 13.8 Å². The minimum atomic E-state index is -0.338. The molecule has 0 amide bonds. The first kappa shape index (κ1) is 13.2. The normalized spacial score (nSPS) is 10.3. The van der Waals surface area contributed by atoms with Crippen LogP contribution in [0.2, 0.25) is 0 Å². The van der Waals surface area contributed by atoms with Crippen LogP contribution in [-0.2, 0) is 0 Å². The quantitative estimate of drug-likeness (QED) is 0.849. The molecule has 2 rings (SSSR count). The van der Waals surface area contributed by atoms with Crippen molar-refractivity contribution in [1.82, 2.24) is 0 Å². The minimum Gasteiger partial charge on any atom is -0.494 e. The summed E-state index contributed by atoms with van der Waals surface area (Å²) in [4.78, 5) is 0. The highest BCUT2D eigenvalue weighted by Crippen LogP contribution is 2.30. The average molecular weight is 261 g/mol. The lowest BCUT2D eigenvalue weighted by Gasteiger charge is -2.11. The van der Waals surface area contributed by atoms with E-state index in [0.717, 1.165) is 5.56 Å². The van der Waals surface area contributed by atoms with Gasteiger partial charge in [0, 0.05) is 30.0 Å². The number of nitrogen functional groups attached to an aromatic ring is 1. The Morgan fingerprint density at radius 2 is 1.84 bits per heavy atom. The molecule has 4 heteroatoms. The van der Waals surface area contributed by atoms with E-state index >= 15 is 0 Å². The van der Waals surface area contributed by atoms with Crippen LogP contribution in [0, 0.1) is 12.7 Å². The second kappa shape index (κ2) is 5.61. The van der Waals surface area contributed by atoms with Gasteiger partial charge in [-0.25, -0.2) is 4.39 Å². The molecule has 0 aliphatic rings. The standard InChI is InChI=1S/C15H16FNO2/c1-3-18-13-7-12(17)8-14(9-13)19-15-6-11(16)5-4-10(15)2/h4-9H,3,17H2,1-2H3. The van der Waals surface area contributed by atoms with Gasteiger partial charge in [0.05, 0.1) is 6.61 Å². The Kier molecular flexibility index (Phi) is 3.90. The third-order valence-corrected chi connectivity index (χ3v) is 2.59. The van der Waals surface area contributed by atoms with Crippen molar-refractivity contribution in [3.05, 3.63) is 47.8 Å². The van der Waals surface area contributed by atoms with Crippen molar-refractivity contribution in [2.75, 3.05) is 12.3 Å². The fourth-order valence-corrected chi connectivity index (χ4v) is 1.71. The van der Waals surface area contributed by atoms with Crippen LogP contribution in [0.25, 0.3) is 0 Å². The zero-order chi connectivity index (χ0) is 13.8. The molecule has 2 N–H and O–H groups in total. The molecule has 2 aromatic carbocycles. The van der Waals surface area contributed by atoms with E-state index in [4.69, 9.17) is 15.2 Å². The van der Waals surface area contributed by atoms with Gasteiger partial charge in [0.25, 0.3) is 0 Å². The number of rotatable bonds is 4. The zero-order valence-corrected chi connectivity index (χ0v) is 10.9. The van der Waals surface area contributed by atoms with E-state index < -0.39 is 0 Å². The van der Waals surface area contributed by atoms with E-state index in [1.807, 2.05) is 13.8 Å². The average Bonchev–Trinajstić information content (AvgIpc) is 2.33. The second-order valence-corrected chi connectivity index (χ2v) is 4.18. The lowest BCUT2D eigenvalue weighted by Crippen LogP contribution is -1.95. The first-order chi connectivity index (χ1) is 9.08. The van der Waals surface area contributed by atoms with Crippen molar-refractivity contribution < 1.29 is 13.9 Å². The summed E-state index contributed by atoms with van der Waals surface area (Å²) in [5.41, 5.74) is 7.16. The fraction of sp³-hybridized carbons (Fsp3) is 0.200. The third kappa shape index (κ3) is 3.37. The number of nitrogens with two attached hydrogens (primary N) is 1. The number of halogens is 1. The maximum absolute atomic E-state index is 13.2. The van der Waals surface area contributed by atoms with Crippen LogP contribution >= 0.6 is 0 Å². The third-order valence-electron chi connectivity index (χ3n) is 2.59. The van der Waals surface area contributed by atoms with E-state index in [0.29, 0.717) is 29.5 Å². The van der Waals surface area contributed by atoms with E-state index in [1.54, 1.807) is 24.3 Å². The molecule has 0 atom stereocenters. The largest absolute Gasteiger partial charge is 0.494 e. The molecule has 0 spiro atoms. The fourth-order valence-electron chi connectivity index (χ4n) is 1.71. The maximum Gasteiger partial charge on any atom is 0.133 e. The second-order valence-electron chi connectivity index (χ2n) is 4.18. The molecule has 0 saturated heterocycles. The molecule has 100 valence electrons. The highest BCUT2D eigenvalue weighted by atomic mass is 19.1. The summed E-state index contributed by atoms with van der Waals surface area (Å²) in [6.45, 7) is 4.28. The van der Waals surface area contributed by atoms with E-state index in [-0.39, 0.29) is 5.82 Å². The number of anilines is 1. The van der Waals surface area contributed by atoms with Gasteiger partial charge in [-0.05, 0) is 25.5 Å². The SMILES string of the molecule is CCOc1cc(N)cc(Oc2cc(F)ccc2C)c1. The molecule has 0 bridgehead atoms. The van der Waals surface area contributed by atoms with Crippen LogP contribution in [0.3, 0.4) is 0 Å². The Morgan fingerprint density at radius 1 is 1.11 bits per heavy atom. The number of hydrogen-bond acceptors (Lipinski definition) is 3. The van der Waals surface area contributed by atoms with Crippen molar-refractivity contribution in [2.24, 2.45) is 0 Å². The van der Waals surface area contributed by atoms with Gasteiger partial charge >= 0.3 is 0 Å². The number of aryl methyl sites for hydroxylation is 1. The molecule has 3 nitrogen and oxygen atoms in total. The van der Waals surface area contributed by atoms with Crippen LogP contribution in [0.4, 0.5) is 10.1 Å². The van der Waals surface area contributed by atoms with Crippen LogP contribution in [0.5, 0.6) is 17.2 Å². The maximum atomic E-state index is 13.2. The van der Waals surface area contributed by atoms with E-state index in [9.17, 15) is 4.39 Å². The zero-order valence-electron chi connectivity index (χ0n) is 10.9. The lowest BCUT2D eigenvalue weighted by atomic mass is 10.2. The molecular formula is C15H16FNO2. The van der Waals surface area contributed by atoms with Gasteiger partial charge < -0.3 is 15.2 Å². The Labute approximate surface area is 111 Å². The minimum absolute atomic E-state index is 0.338. The molecular weight excluding hydrogens is 245 g/mol. The van der Waals surface area contributed by atoms with Crippen LogP contribution < -0.4 is 15.2 Å². The highest BCUT2D eigenvalue weighted by Gasteiger charge is 2.06. The highest BCUT2D eigenvalue weighted by molar-refractivity contribution is 5.51. The molecule has 0 aliphatic heterocycles. The van der Waals surface area contributed by atoms with Gasteiger partial charge in [0.15, 0.2) is 0 Å². The van der Waals surface area contributed by atoms with Crippen molar-refractivity contribution in [3.8, 4) is 17.2 Å². The molecule has 2 aromatic rings. The van der Waals surface area contributed by atoms with Gasteiger partial charge in [0.2, 0.25) is 0 Å². The molecule has 19 heavy (non-hydrogen) atoms. The summed E-state index contributed by atoms with van der Waals surface area (Å²) in [7, 11) is 0. The topological polar surface area (TPSA) is 44.5 Å². The predicted octanol–water partition coefficient (Wildman–Crippen LogP) is 3.91. The van der Waals surface area contributed by atoms with Gasteiger partial charge in [-0.3, -0.25) is 0 Å². The predicted molar refractivity (Wildman–Crippen MR) is 73.2 cm³/mol. The Morgan fingerprint density at radius 3 is 2.58 bits per heavy atom. The lowest BCUT2D eigenvalue weighted by molar-refractivity contribution is 0.338. The summed E-state index contributed by atoms with van der Waals surface area (Å²) < 4.78 is 24.2. The summed E-state index contributed by atoms with van der Waals surface area (Å²) >= 11 is 0.